The molecule has 9 heteroatoms. The molecule has 8 nitrogen and oxygen atoms in total. The number of halogens is 1. The molecule has 0 aliphatic carbocycles. The standard InChI is InChI=1S/C19H16FNO7/c1-9(22)26-18(27-10(2)23)19-8-7-13(28-19)14-15(19)17(25)21(16(14)24)12-5-3-11(20)4-6-12/h3-8,13-15,18H,1-2H3/t13-,14-,15-,19+/m1/s1. The van der Waals surface area contributed by atoms with Crippen molar-refractivity contribution >= 4 is 29.4 Å². The van der Waals surface area contributed by atoms with Gasteiger partial charge in [-0.1, -0.05) is 6.08 Å². The summed E-state index contributed by atoms with van der Waals surface area (Å²) >= 11 is 0. The van der Waals surface area contributed by atoms with E-state index in [2.05, 4.69) is 0 Å². The Morgan fingerprint density at radius 3 is 2.29 bits per heavy atom. The summed E-state index contributed by atoms with van der Waals surface area (Å²) in [5, 5.41) is 0. The number of carbonyl (C=O) groups is 4. The molecular formula is C19H16FNO7. The largest absolute Gasteiger partial charge is 0.422 e. The highest BCUT2D eigenvalue weighted by atomic mass is 19.1. The number of anilines is 1. The summed E-state index contributed by atoms with van der Waals surface area (Å²) in [6.07, 6.45) is 0.819. The van der Waals surface area contributed by atoms with E-state index in [0.29, 0.717) is 0 Å². The van der Waals surface area contributed by atoms with Gasteiger partial charge in [0.15, 0.2) is 5.60 Å². The molecule has 0 unspecified atom stereocenters. The first-order valence-electron chi connectivity index (χ1n) is 8.59. The maximum Gasteiger partial charge on any atom is 0.305 e. The Morgan fingerprint density at radius 1 is 1.11 bits per heavy atom. The van der Waals surface area contributed by atoms with Crippen LogP contribution in [0.25, 0.3) is 0 Å². The van der Waals surface area contributed by atoms with Crippen molar-refractivity contribution < 1.29 is 37.8 Å². The Morgan fingerprint density at radius 2 is 1.71 bits per heavy atom. The van der Waals surface area contributed by atoms with Crippen LogP contribution in [0.15, 0.2) is 36.4 Å². The molecule has 28 heavy (non-hydrogen) atoms. The third-order valence-electron chi connectivity index (χ3n) is 5.08. The average molecular weight is 389 g/mol. The quantitative estimate of drug-likeness (QED) is 0.329. The Balaban J connectivity index is 1.74. The van der Waals surface area contributed by atoms with Crippen LogP contribution in [-0.4, -0.2) is 41.7 Å². The number of carbonyl (C=O) groups excluding carboxylic acids is 4. The zero-order valence-electron chi connectivity index (χ0n) is 15.0. The molecule has 146 valence electrons. The van der Waals surface area contributed by atoms with Crippen molar-refractivity contribution in [1.29, 1.82) is 0 Å². The fraction of sp³-hybridized carbons (Fsp3) is 0.368. The topological polar surface area (TPSA) is 99.2 Å². The molecule has 0 radical (unpaired) electrons. The van der Waals surface area contributed by atoms with Crippen LogP contribution < -0.4 is 4.90 Å². The predicted molar refractivity (Wildman–Crippen MR) is 89.9 cm³/mol. The van der Waals surface area contributed by atoms with E-state index in [-0.39, 0.29) is 5.69 Å². The molecule has 4 atom stereocenters. The molecule has 3 aliphatic rings. The summed E-state index contributed by atoms with van der Waals surface area (Å²) in [5.41, 5.74) is -1.38. The van der Waals surface area contributed by atoms with Crippen molar-refractivity contribution in [2.24, 2.45) is 11.8 Å². The maximum absolute atomic E-state index is 13.2. The van der Waals surface area contributed by atoms with Gasteiger partial charge in [-0.05, 0) is 30.3 Å². The normalized spacial score (nSPS) is 30.1. The van der Waals surface area contributed by atoms with Gasteiger partial charge >= 0.3 is 11.9 Å². The molecule has 0 N–H and O–H groups in total. The number of imide groups is 1. The predicted octanol–water partition coefficient (Wildman–Crippen LogP) is 1.09. The second-order valence-electron chi connectivity index (χ2n) is 6.84. The molecule has 0 spiro atoms. The molecule has 2 bridgehead atoms. The molecule has 2 saturated heterocycles. The lowest BCUT2D eigenvalue weighted by atomic mass is 9.76. The van der Waals surface area contributed by atoms with Crippen LogP contribution in [0.4, 0.5) is 10.1 Å². The number of fused-ring (bicyclic) bond motifs is 5. The number of nitrogens with zero attached hydrogens (tertiary/aromatic N) is 1. The van der Waals surface area contributed by atoms with Crippen molar-refractivity contribution in [3.05, 3.63) is 42.2 Å². The van der Waals surface area contributed by atoms with E-state index in [9.17, 15) is 23.6 Å². The Labute approximate surface area is 158 Å². The molecule has 1 aromatic rings. The molecule has 0 aromatic heterocycles. The van der Waals surface area contributed by atoms with Crippen LogP contribution >= 0.6 is 0 Å². The fourth-order valence-corrected chi connectivity index (χ4v) is 4.06. The summed E-state index contributed by atoms with van der Waals surface area (Å²) in [6, 6.07) is 4.93. The number of esters is 2. The van der Waals surface area contributed by atoms with Gasteiger partial charge in [0.25, 0.3) is 6.29 Å². The first-order chi connectivity index (χ1) is 13.2. The van der Waals surface area contributed by atoms with E-state index in [4.69, 9.17) is 14.2 Å². The van der Waals surface area contributed by atoms with Crippen molar-refractivity contribution in [3.63, 3.8) is 0 Å². The first-order valence-corrected chi connectivity index (χ1v) is 8.59. The van der Waals surface area contributed by atoms with Crippen LogP contribution in [0.2, 0.25) is 0 Å². The van der Waals surface area contributed by atoms with Gasteiger partial charge in [-0.15, -0.1) is 0 Å². The highest BCUT2D eigenvalue weighted by Crippen LogP contribution is 2.54. The van der Waals surface area contributed by atoms with Crippen LogP contribution in [0.5, 0.6) is 0 Å². The fourth-order valence-electron chi connectivity index (χ4n) is 4.06. The molecule has 3 heterocycles. The van der Waals surface area contributed by atoms with Crippen molar-refractivity contribution in [2.75, 3.05) is 4.90 Å². The second kappa shape index (κ2) is 6.23. The SMILES string of the molecule is CC(=O)OC(OC(C)=O)[C@@]12C=C[C@@H](O1)[C@H]1C(=O)N(c3ccc(F)cc3)C(=O)[C@@H]12. The zero-order chi connectivity index (χ0) is 20.2. The number of hydrogen-bond acceptors (Lipinski definition) is 7. The van der Waals surface area contributed by atoms with E-state index in [0.717, 1.165) is 30.9 Å². The molecule has 3 aliphatic heterocycles. The summed E-state index contributed by atoms with van der Waals surface area (Å²) in [5.74, 6) is -5.01. The Kier molecular flexibility index (Phi) is 4.07. The molecule has 1 aromatic carbocycles. The molecule has 2 fully saturated rings. The van der Waals surface area contributed by atoms with Crippen molar-refractivity contribution in [1.82, 2.24) is 0 Å². The van der Waals surface area contributed by atoms with Crippen molar-refractivity contribution in [2.45, 2.75) is 31.8 Å². The Hall–Kier alpha value is -3.07. The van der Waals surface area contributed by atoms with Crippen molar-refractivity contribution in [3.8, 4) is 0 Å². The average Bonchev–Trinajstić information content (AvgIpc) is 3.26. The number of ether oxygens (including phenoxy) is 3. The highest BCUT2D eigenvalue weighted by Gasteiger charge is 2.72. The minimum Gasteiger partial charge on any atom is -0.422 e. The van der Waals surface area contributed by atoms with E-state index in [1.54, 1.807) is 6.08 Å². The zero-order valence-corrected chi connectivity index (χ0v) is 15.0. The van der Waals surface area contributed by atoms with E-state index >= 15 is 0 Å². The number of amides is 2. The van der Waals surface area contributed by atoms with E-state index in [1.807, 2.05) is 0 Å². The van der Waals surface area contributed by atoms with Gasteiger partial charge in [-0.25, -0.2) is 9.29 Å². The number of hydrogen-bond donors (Lipinski definition) is 0. The summed E-state index contributed by atoms with van der Waals surface area (Å²) in [7, 11) is 0. The summed E-state index contributed by atoms with van der Waals surface area (Å²) in [4.78, 5) is 50.2. The summed E-state index contributed by atoms with van der Waals surface area (Å²) in [6.45, 7) is 2.25. The number of rotatable bonds is 4. The maximum atomic E-state index is 13.2. The van der Waals surface area contributed by atoms with Crippen LogP contribution in [0.1, 0.15) is 13.8 Å². The lowest BCUT2D eigenvalue weighted by molar-refractivity contribution is -0.226. The molecule has 0 saturated carbocycles. The lowest BCUT2D eigenvalue weighted by Gasteiger charge is -2.34. The minimum atomic E-state index is -1.60. The van der Waals surface area contributed by atoms with Gasteiger partial charge in [-0.2, -0.15) is 0 Å². The molecular weight excluding hydrogens is 373 g/mol. The lowest BCUT2D eigenvalue weighted by Crippen LogP contribution is -2.52. The van der Waals surface area contributed by atoms with Gasteiger partial charge < -0.3 is 14.2 Å². The minimum absolute atomic E-state index is 0.219. The van der Waals surface area contributed by atoms with Crippen LogP contribution in [0, 0.1) is 17.7 Å². The van der Waals surface area contributed by atoms with E-state index in [1.165, 1.54) is 18.2 Å². The first kappa shape index (κ1) is 18.3. The van der Waals surface area contributed by atoms with Gasteiger partial charge in [0, 0.05) is 13.8 Å². The van der Waals surface area contributed by atoms with E-state index < -0.39 is 59.4 Å². The smallest absolute Gasteiger partial charge is 0.305 e. The monoisotopic (exact) mass is 389 g/mol. The van der Waals surface area contributed by atoms with Gasteiger partial charge in [-0.3, -0.25) is 19.2 Å². The molecule has 4 rings (SSSR count). The molecule has 2 amide bonds. The van der Waals surface area contributed by atoms with Gasteiger partial charge in [0.2, 0.25) is 11.8 Å². The highest BCUT2D eigenvalue weighted by molar-refractivity contribution is 6.23. The van der Waals surface area contributed by atoms with Gasteiger partial charge in [0.05, 0.1) is 23.6 Å². The third-order valence-corrected chi connectivity index (χ3v) is 5.08. The van der Waals surface area contributed by atoms with Gasteiger partial charge in [0.1, 0.15) is 5.82 Å². The number of benzene rings is 1. The third kappa shape index (κ3) is 2.54. The second-order valence-corrected chi connectivity index (χ2v) is 6.84. The van der Waals surface area contributed by atoms with Crippen LogP contribution in [0.3, 0.4) is 0 Å². The van der Waals surface area contributed by atoms with Crippen LogP contribution in [-0.2, 0) is 33.4 Å². The Bertz CT molecular complexity index is 895. The summed E-state index contributed by atoms with van der Waals surface area (Å²) < 4.78 is 29.3.